The first-order chi connectivity index (χ1) is 11.7. The van der Waals surface area contributed by atoms with Crippen LogP contribution in [0, 0.1) is 0 Å². The lowest BCUT2D eigenvalue weighted by Crippen LogP contribution is -2.27. The summed E-state index contributed by atoms with van der Waals surface area (Å²) in [5.41, 5.74) is 1.70. The lowest BCUT2D eigenvalue weighted by Gasteiger charge is -2.08. The maximum absolute atomic E-state index is 12.2. The molecule has 0 unspecified atom stereocenters. The van der Waals surface area contributed by atoms with Gasteiger partial charge in [-0.25, -0.2) is 0 Å². The number of nitrogens with one attached hydrogen (secondary N) is 1. The van der Waals surface area contributed by atoms with Crippen LogP contribution in [0.15, 0.2) is 47.4 Å². The molecule has 0 atom stereocenters. The van der Waals surface area contributed by atoms with Gasteiger partial charge in [0.15, 0.2) is 0 Å². The Morgan fingerprint density at radius 1 is 1.38 bits per heavy atom. The molecule has 0 aliphatic rings. The van der Waals surface area contributed by atoms with Gasteiger partial charge in [0.05, 0.1) is 0 Å². The van der Waals surface area contributed by atoms with Crippen molar-refractivity contribution in [3.05, 3.63) is 48.9 Å². The van der Waals surface area contributed by atoms with Crippen LogP contribution >= 0.6 is 0 Å². The second kappa shape index (κ2) is 7.12. The Balaban J connectivity index is 2.00. The van der Waals surface area contributed by atoms with E-state index in [1.165, 1.54) is 0 Å². The predicted molar refractivity (Wildman–Crippen MR) is 92.4 cm³/mol. The topological polar surface area (TPSA) is 73.0 Å². The maximum Gasteiger partial charge on any atom is 0.264 e. The molecule has 1 N–H and O–H groups in total. The molecule has 0 aliphatic heterocycles. The molecule has 0 fully saturated rings. The Morgan fingerprint density at radius 2 is 2.21 bits per heavy atom. The van der Waals surface area contributed by atoms with Crippen molar-refractivity contribution in [1.82, 2.24) is 20.1 Å². The Labute approximate surface area is 140 Å². The van der Waals surface area contributed by atoms with E-state index in [9.17, 15) is 4.79 Å². The Hall–Kier alpha value is -2.89. The molecule has 0 saturated carbocycles. The van der Waals surface area contributed by atoms with Crippen LogP contribution in [0.1, 0.15) is 19.2 Å². The van der Waals surface area contributed by atoms with Crippen LogP contribution in [0.3, 0.4) is 0 Å². The minimum absolute atomic E-state index is 0.0919. The second-order valence-corrected chi connectivity index (χ2v) is 5.52. The van der Waals surface area contributed by atoms with E-state index in [2.05, 4.69) is 29.0 Å². The number of nitrogens with zero attached hydrogens (tertiary/aromatic N) is 3. The first-order valence-electron chi connectivity index (χ1n) is 8.01. The highest BCUT2D eigenvalue weighted by Gasteiger charge is 2.17. The number of hydrogen-bond donors (Lipinski definition) is 1. The molecule has 0 aliphatic carbocycles. The van der Waals surface area contributed by atoms with Gasteiger partial charge in [0.25, 0.3) is 5.89 Å². The number of carbonyl (C=O) groups is 1. The molecule has 0 bridgehead atoms. The van der Waals surface area contributed by atoms with Gasteiger partial charge in [-0.2, -0.15) is 0 Å². The maximum atomic E-state index is 12.2. The van der Waals surface area contributed by atoms with E-state index in [1.807, 2.05) is 34.9 Å². The Morgan fingerprint density at radius 3 is 3.00 bits per heavy atom. The largest absolute Gasteiger partial charge is 0.419 e. The summed E-state index contributed by atoms with van der Waals surface area (Å²) in [7, 11) is 0. The van der Waals surface area contributed by atoms with Crippen molar-refractivity contribution < 1.29 is 9.21 Å². The summed E-state index contributed by atoms with van der Waals surface area (Å²) < 4.78 is 7.65. The highest BCUT2D eigenvalue weighted by Crippen LogP contribution is 2.27. The number of carbonyl (C=O) groups excluding carboxylic acids is 1. The Bertz CT molecular complexity index is 863. The number of aryl methyl sites for hydroxylation is 1. The normalized spacial score (nSPS) is 10.9. The molecule has 0 radical (unpaired) electrons. The summed E-state index contributed by atoms with van der Waals surface area (Å²) >= 11 is 0. The standard InChI is InChI=1S/C18H20N4O2/c1-3-7-17-20-21-18(24-17)15-11-13-8-5-6-9-14(13)22(15)12-16(23)19-10-4-2/h4-6,8-9,11H,2-3,7,10,12H2,1H3,(H,19,23). The van der Waals surface area contributed by atoms with Crippen molar-refractivity contribution >= 4 is 16.8 Å². The van der Waals surface area contributed by atoms with E-state index in [1.54, 1.807) is 6.08 Å². The van der Waals surface area contributed by atoms with E-state index in [4.69, 9.17) is 4.42 Å². The van der Waals surface area contributed by atoms with E-state index in [0.717, 1.165) is 29.4 Å². The molecule has 0 spiro atoms. The summed E-state index contributed by atoms with van der Waals surface area (Å²) in [4.78, 5) is 12.2. The molecule has 2 heterocycles. The molecule has 3 aromatic rings. The molecule has 6 nitrogen and oxygen atoms in total. The van der Waals surface area contributed by atoms with Crippen LogP contribution in [0.5, 0.6) is 0 Å². The number of hydrogen-bond acceptors (Lipinski definition) is 4. The van der Waals surface area contributed by atoms with Crippen LogP contribution in [0.2, 0.25) is 0 Å². The van der Waals surface area contributed by atoms with Crippen molar-refractivity contribution in [2.75, 3.05) is 6.54 Å². The zero-order valence-electron chi connectivity index (χ0n) is 13.7. The molecular weight excluding hydrogens is 304 g/mol. The fraction of sp³-hybridized carbons (Fsp3) is 0.278. The lowest BCUT2D eigenvalue weighted by molar-refractivity contribution is -0.121. The van der Waals surface area contributed by atoms with E-state index in [0.29, 0.717) is 18.3 Å². The molecule has 6 heteroatoms. The first kappa shape index (κ1) is 16.0. The summed E-state index contributed by atoms with van der Waals surface area (Å²) in [6.45, 7) is 6.29. The summed E-state index contributed by atoms with van der Waals surface area (Å²) in [5, 5.41) is 12.0. The van der Waals surface area contributed by atoms with Gasteiger partial charge in [-0.05, 0) is 18.6 Å². The number of para-hydroxylation sites is 1. The van der Waals surface area contributed by atoms with Crippen LogP contribution in [-0.2, 0) is 17.8 Å². The monoisotopic (exact) mass is 324 g/mol. The molecule has 24 heavy (non-hydrogen) atoms. The van der Waals surface area contributed by atoms with Gasteiger partial charge in [-0.1, -0.05) is 31.2 Å². The van der Waals surface area contributed by atoms with Crippen molar-refractivity contribution in [3.8, 4) is 11.6 Å². The summed E-state index contributed by atoms with van der Waals surface area (Å²) in [5.74, 6) is 0.956. The third-order valence-corrected chi connectivity index (χ3v) is 3.71. The van der Waals surface area contributed by atoms with Gasteiger partial charge < -0.3 is 14.3 Å². The van der Waals surface area contributed by atoms with Gasteiger partial charge in [0, 0.05) is 23.9 Å². The molecule has 1 amide bonds. The summed E-state index contributed by atoms with van der Waals surface area (Å²) in [6.07, 6.45) is 3.34. The van der Waals surface area contributed by atoms with Gasteiger partial charge in [-0.3, -0.25) is 4.79 Å². The first-order valence-corrected chi connectivity index (χ1v) is 8.01. The fourth-order valence-electron chi connectivity index (χ4n) is 2.62. The van der Waals surface area contributed by atoms with Crippen LogP contribution < -0.4 is 5.32 Å². The number of amides is 1. The SMILES string of the molecule is C=CCNC(=O)Cn1c(-c2nnc(CCC)o2)cc2ccccc21. The average molecular weight is 324 g/mol. The molecular formula is C18H20N4O2. The van der Waals surface area contributed by atoms with E-state index >= 15 is 0 Å². The number of fused-ring (bicyclic) bond motifs is 1. The van der Waals surface area contributed by atoms with Crippen molar-refractivity contribution in [3.63, 3.8) is 0 Å². The van der Waals surface area contributed by atoms with Crippen molar-refractivity contribution in [2.24, 2.45) is 0 Å². The minimum atomic E-state index is -0.0919. The zero-order chi connectivity index (χ0) is 16.9. The Kier molecular flexibility index (Phi) is 4.74. The van der Waals surface area contributed by atoms with Gasteiger partial charge in [0.2, 0.25) is 11.8 Å². The van der Waals surface area contributed by atoms with E-state index < -0.39 is 0 Å². The minimum Gasteiger partial charge on any atom is -0.419 e. The molecule has 3 rings (SSSR count). The van der Waals surface area contributed by atoms with Crippen LogP contribution in [0.25, 0.3) is 22.5 Å². The van der Waals surface area contributed by atoms with Gasteiger partial charge in [0.1, 0.15) is 12.2 Å². The van der Waals surface area contributed by atoms with Crippen molar-refractivity contribution in [2.45, 2.75) is 26.3 Å². The average Bonchev–Trinajstić information content (AvgIpc) is 3.18. The fourth-order valence-corrected chi connectivity index (χ4v) is 2.62. The smallest absolute Gasteiger partial charge is 0.264 e. The highest BCUT2D eigenvalue weighted by atomic mass is 16.4. The molecule has 124 valence electrons. The number of aromatic nitrogens is 3. The highest BCUT2D eigenvalue weighted by molar-refractivity contribution is 5.88. The molecule has 0 saturated heterocycles. The summed E-state index contributed by atoms with van der Waals surface area (Å²) in [6, 6.07) is 9.85. The predicted octanol–water partition coefficient (Wildman–Crippen LogP) is 2.95. The number of rotatable bonds is 7. The zero-order valence-corrected chi connectivity index (χ0v) is 13.7. The van der Waals surface area contributed by atoms with Gasteiger partial charge >= 0.3 is 0 Å². The second-order valence-electron chi connectivity index (χ2n) is 5.52. The van der Waals surface area contributed by atoms with Crippen molar-refractivity contribution in [1.29, 1.82) is 0 Å². The van der Waals surface area contributed by atoms with Crippen LogP contribution in [-0.4, -0.2) is 27.2 Å². The quantitative estimate of drug-likeness (QED) is 0.678. The third kappa shape index (κ3) is 3.22. The van der Waals surface area contributed by atoms with E-state index in [-0.39, 0.29) is 12.5 Å². The van der Waals surface area contributed by atoms with Crippen LogP contribution in [0.4, 0.5) is 0 Å². The number of benzene rings is 1. The molecule has 1 aromatic carbocycles. The molecule has 2 aromatic heterocycles. The third-order valence-electron chi connectivity index (χ3n) is 3.71. The van der Waals surface area contributed by atoms with Gasteiger partial charge in [-0.15, -0.1) is 16.8 Å². The lowest BCUT2D eigenvalue weighted by atomic mass is 10.2.